The zero-order valence-electron chi connectivity index (χ0n) is 12.8. The largest absolute Gasteiger partial charge is 0.314 e. The van der Waals surface area contributed by atoms with E-state index in [1.54, 1.807) is 12.1 Å². The molecule has 2 aromatic carbocycles. The van der Waals surface area contributed by atoms with Gasteiger partial charge in [-0.05, 0) is 29.3 Å². The molecule has 1 aromatic heterocycles. The van der Waals surface area contributed by atoms with Crippen LogP contribution in [0.4, 0.5) is 4.39 Å². The molecule has 0 spiro atoms. The lowest BCUT2D eigenvalue weighted by molar-refractivity contribution is 0.153. The fraction of sp³-hybridized carbons (Fsp3) is 0.278. The molecule has 0 aliphatic carbocycles. The maximum absolute atomic E-state index is 13.6. The molecule has 1 atom stereocenters. The fourth-order valence-electron chi connectivity index (χ4n) is 3.30. The summed E-state index contributed by atoms with van der Waals surface area (Å²) in [5.74, 6) is -0.174. The molecule has 1 unspecified atom stereocenters. The van der Waals surface area contributed by atoms with Crippen LogP contribution in [0.2, 0.25) is 0 Å². The van der Waals surface area contributed by atoms with Crippen molar-refractivity contribution < 1.29 is 4.39 Å². The average molecular weight is 310 g/mol. The third-order valence-electron chi connectivity index (χ3n) is 4.48. The highest BCUT2D eigenvalue weighted by atomic mass is 19.1. The number of aromatic amines is 1. The number of benzene rings is 2. The van der Waals surface area contributed by atoms with Crippen molar-refractivity contribution in [1.29, 1.82) is 0 Å². The minimum absolute atomic E-state index is 0.174. The smallest absolute Gasteiger partial charge is 0.123 e. The molecule has 5 heteroatoms. The Kier molecular flexibility index (Phi) is 3.81. The Hall–Kier alpha value is -2.24. The second-order valence-corrected chi connectivity index (χ2v) is 6.04. The minimum atomic E-state index is -0.174. The Labute approximate surface area is 134 Å². The summed E-state index contributed by atoms with van der Waals surface area (Å²) in [7, 11) is 0. The first kappa shape index (κ1) is 14.4. The van der Waals surface area contributed by atoms with Gasteiger partial charge in [0.05, 0.1) is 11.7 Å². The maximum atomic E-state index is 13.6. The molecule has 1 saturated heterocycles. The molecule has 1 aliphatic heterocycles. The molecule has 3 aromatic rings. The Morgan fingerprint density at radius 3 is 3.09 bits per heavy atom. The predicted molar refractivity (Wildman–Crippen MR) is 88.5 cm³/mol. The van der Waals surface area contributed by atoms with E-state index in [2.05, 4.69) is 38.6 Å². The summed E-state index contributed by atoms with van der Waals surface area (Å²) in [5.41, 5.74) is 3.32. The van der Waals surface area contributed by atoms with Crippen LogP contribution in [0.3, 0.4) is 0 Å². The van der Waals surface area contributed by atoms with Crippen molar-refractivity contribution in [3.8, 4) is 0 Å². The molecular formula is C18H19FN4. The fourth-order valence-corrected chi connectivity index (χ4v) is 3.30. The Balaban J connectivity index is 1.59. The van der Waals surface area contributed by atoms with E-state index in [0.29, 0.717) is 0 Å². The Bertz CT molecular complexity index is 813. The average Bonchev–Trinajstić information content (AvgIpc) is 3.03. The van der Waals surface area contributed by atoms with Crippen LogP contribution < -0.4 is 5.32 Å². The number of nitrogens with zero attached hydrogens (tertiary/aromatic N) is 2. The zero-order chi connectivity index (χ0) is 15.6. The number of rotatable bonds is 3. The zero-order valence-corrected chi connectivity index (χ0v) is 12.8. The van der Waals surface area contributed by atoms with Crippen molar-refractivity contribution in [3.05, 3.63) is 65.6 Å². The topological polar surface area (TPSA) is 44.0 Å². The summed E-state index contributed by atoms with van der Waals surface area (Å²) in [6, 6.07) is 13.5. The minimum Gasteiger partial charge on any atom is -0.314 e. The lowest BCUT2D eigenvalue weighted by Gasteiger charge is -2.36. The van der Waals surface area contributed by atoms with E-state index >= 15 is 0 Å². The van der Waals surface area contributed by atoms with E-state index in [-0.39, 0.29) is 11.9 Å². The molecular weight excluding hydrogens is 291 g/mol. The van der Waals surface area contributed by atoms with Gasteiger partial charge in [-0.1, -0.05) is 24.3 Å². The molecule has 23 heavy (non-hydrogen) atoms. The van der Waals surface area contributed by atoms with Crippen LogP contribution >= 0.6 is 0 Å². The van der Waals surface area contributed by atoms with E-state index in [0.717, 1.165) is 42.6 Å². The van der Waals surface area contributed by atoms with Crippen molar-refractivity contribution in [1.82, 2.24) is 20.4 Å². The molecule has 0 amide bonds. The second kappa shape index (κ2) is 6.10. The number of piperazine rings is 1. The molecule has 1 aliphatic rings. The number of aromatic nitrogens is 2. The summed E-state index contributed by atoms with van der Waals surface area (Å²) in [5, 5.41) is 11.6. The van der Waals surface area contributed by atoms with Gasteiger partial charge < -0.3 is 5.32 Å². The first-order valence-electron chi connectivity index (χ1n) is 7.92. The molecule has 4 nitrogen and oxygen atoms in total. The van der Waals surface area contributed by atoms with Crippen LogP contribution in [-0.2, 0) is 6.54 Å². The van der Waals surface area contributed by atoms with Gasteiger partial charge in [-0.2, -0.15) is 5.10 Å². The quantitative estimate of drug-likeness (QED) is 0.782. The van der Waals surface area contributed by atoms with E-state index in [1.807, 2.05) is 12.3 Å². The standard InChI is InChI=1S/C18H19FN4/c19-16-3-1-2-14(9-16)18-11-20-6-7-23(18)12-13-4-5-15-10-21-22-17(15)8-13/h1-5,8-10,18,20H,6-7,11-12H2,(H,21,22). The number of H-pyrrole nitrogens is 1. The van der Waals surface area contributed by atoms with Gasteiger partial charge >= 0.3 is 0 Å². The van der Waals surface area contributed by atoms with Crippen LogP contribution in [0.15, 0.2) is 48.7 Å². The van der Waals surface area contributed by atoms with E-state index in [4.69, 9.17) is 0 Å². The molecule has 0 bridgehead atoms. The van der Waals surface area contributed by atoms with Crippen LogP contribution in [0, 0.1) is 5.82 Å². The van der Waals surface area contributed by atoms with Gasteiger partial charge in [-0.25, -0.2) is 4.39 Å². The van der Waals surface area contributed by atoms with Crippen LogP contribution in [0.5, 0.6) is 0 Å². The summed E-state index contributed by atoms with van der Waals surface area (Å²) in [6.07, 6.45) is 1.83. The van der Waals surface area contributed by atoms with Crippen molar-refractivity contribution in [3.63, 3.8) is 0 Å². The first-order valence-corrected chi connectivity index (χ1v) is 7.92. The van der Waals surface area contributed by atoms with E-state index < -0.39 is 0 Å². The van der Waals surface area contributed by atoms with Gasteiger partial charge in [0.2, 0.25) is 0 Å². The number of hydrogen-bond acceptors (Lipinski definition) is 3. The molecule has 1 fully saturated rings. The highest BCUT2D eigenvalue weighted by Gasteiger charge is 2.24. The van der Waals surface area contributed by atoms with Gasteiger partial charge in [-0.15, -0.1) is 0 Å². The molecule has 0 saturated carbocycles. The molecule has 0 radical (unpaired) electrons. The Morgan fingerprint density at radius 1 is 1.22 bits per heavy atom. The lowest BCUT2D eigenvalue weighted by atomic mass is 10.0. The summed E-state index contributed by atoms with van der Waals surface area (Å²) in [6.45, 7) is 3.59. The summed E-state index contributed by atoms with van der Waals surface area (Å²) >= 11 is 0. The van der Waals surface area contributed by atoms with Gasteiger partial charge in [0.1, 0.15) is 5.82 Å². The molecule has 118 valence electrons. The highest BCUT2D eigenvalue weighted by molar-refractivity contribution is 5.78. The third kappa shape index (κ3) is 2.98. The molecule has 2 heterocycles. The number of halogens is 1. The van der Waals surface area contributed by atoms with Crippen molar-refractivity contribution in [2.75, 3.05) is 19.6 Å². The van der Waals surface area contributed by atoms with Gasteiger partial charge in [-0.3, -0.25) is 10.00 Å². The first-order chi connectivity index (χ1) is 11.3. The second-order valence-electron chi connectivity index (χ2n) is 6.04. The Morgan fingerprint density at radius 2 is 2.17 bits per heavy atom. The van der Waals surface area contributed by atoms with Gasteiger partial charge in [0.25, 0.3) is 0 Å². The maximum Gasteiger partial charge on any atom is 0.123 e. The number of hydrogen-bond donors (Lipinski definition) is 2. The van der Waals surface area contributed by atoms with Crippen molar-refractivity contribution in [2.24, 2.45) is 0 Å². The molecule has 4 rings (SSSR count). The van der Waals surface area contributed by atoms with Crippen LogP contribution in [0.25, 0.3) is 10.9 Å². The number of nitrogens with one attached hydrogen (secondary N) is 2. The molecule has 2 N–H and O–H groups in total. The van der Waals surface area contributed by atoms with Gasteiger partial charge in [0.15, 0.2) is 0 Å². The van der Waals surface area contributed by atoms with Crippen LogP contribution in [0.1, 0.15) is 17.2 Å². The van der Waals surface area contributed by atoms with E-state index in [9.17, 15) is 4.39 Å². The SMILES string of the molecule is Fc1cccc(C2CNCCN2Cc2ccc3cn[nH]c3c2)c1. The van der Waals surface area contributed by atoms with E-state index in [1.165, 1.54) is 11.6 Å². The third-order valence-corrected chi connectivity index (χ3v) is 4.48. The monoisotopic (exact) mass is 310 g/mol. The van der Waals surface area contributed by atoms with Crippen LogP contribution in [-0.4, -0.2) is 34.7 Å². The summed E-state index contributed by atoms with van der Waals surface area (Å²) < 4.78 is 13.6. The lowest BCUT2D eigenvalue weighted by Crippen LogP contribution is -2.45. The number of fused-ring (bicyclic) bond motifs is 1. The van der Waals surface area contributed by atoms with Crippen molar-refractivity contribution in [2.45, 2.75) is 12.6 Å². The van der Waals surface area contributed by atoms with Crippen molar-refractivity contribution >= 4 is 10.9 Å². The highest BCUT2D eigenvalue weighted by Crippen LogP contribution is 2.25. The normalized spacial score (nSPS) is 19.3. The summed E-state index contributed by atoms with van der Waals surface area (Å²) in [4.78, 5) is 2.41. The van der Waals surface area contributed by atoms with Gasteiger partial charge in [0, 0.05) is 37.6 Å². The predicted octanol–water partition coefficient (Wildman–Crippen LogP) is 2.85.